The minimum absolute atomic E-state index is 0.00146. The van der Waals surface area contributed by atoms with Gasteiger partial charge in [-0.2, -0.15) is 0 Å². The number of oxime groups is 1. The van der Waals surface area contributed by atoms with Crippen molar-refractivity contribution in [1.29, 1.82) is 0 Å². The maximum atomic E-state index is 10.9. The van der Waals surface area contributed by atoms with Gasteiger partial charge in [0.25, 0.3) is 0 Å². The van der Waals surface area contributed by atoms with E-state index >= 15 is 0 Å². The third-order valence-electron chi connectivity index (χ3n) is 2.65. The van der Waals surface area contributed by atoms with E-state index in [1.54, 1.807) is 18.5 Å². The summed E-state index contributed by atoms with van der Waals surface area (Å²) in [4.78, 5) is 18.8. The Bertz CT molecular complexity index is 644. The van der Waals surface area contributed by atoms with Crippen LogP contribution in [0.4, 0.5) is 0 Å². The third-order valence-corrected chi connectivity index (χ3v) is 2.65. The van der Waals surface area contributed by atoms with Gasteiger partial charge in [-0.1, -0.05) is 11.2 Å². The van der Waals surface area contributed by atoms with E-state index in [4.69, 9.17) is 15.1 Å². The lowest BCUT2D eigenvalue weighted by Gasteiger charge is -2.06. The molecule has 0 aliphatic rings. The van der Waals surface area contributed by atoms with E-state index in [1.165, 1.54) is 18.3 Å². The first-order valence-corrected chi connectivity index (χ1v) is 6.08. The zero-order valence-corrected chi connectivity index (χ0v) is 11.0. The smallest absolute Gasteiger partial charge is 0.335 e. The molecule has 2 N–H and O–H groups in total. The molecule has 108 valence electrons. The van der Waals surface area contributed by atoms with E-state index in [-0.39, 0.29) is 23.6 Å². The fraction of sp³-hybridized carbons (Fsp3) is 0.143. The Morgan fingerprint density at radius 3 is 2.86 bits per heavy atom. The summed E-state index contributed by atoms with van der Waals surface area (Å²) in [5.74, 6) is -1.08. The fourth-order valence-electron chi connectivity index (χ4n) is 1.62. The molecule has 0 spiro atoms. The van der Waals surface area contributed by atoms with Gasteiger partial charge in [0.2, 0.25) is 0 Å². The van der Waals surface area contributed by atoms with Crippen LogP contribution < -0.4 is 0 Å². The van der Waals surface area contributed by atoms with Crippen molar-refractivity contribution < 1.29 is 19.8 Å². The molecule has 0 fully saturated rings. The van der Waals surface area contributed by atoms with Gasteiger partial charge in [0.1, 0.15) is 5.71 Å². The Kier molecular flexibility index (Phi) is 4.94. The zero-order chi connectivity index (χ0) is 15.1. The van der Waals surface area contributed by atoms with Crippen LogP contribution in [-0.2, 0) is 11.3 Å². The maximum absolute atomic E-state index is 10.9. The maximum Gasteiger partial charge on any atom is 0.335 e. The van der Waals surface area contributed by atoms with Crippen LogP contribution >= 0.6 is 0 Å². The van der Waals surface area contributed by atoms with Gasteiger partial charge in [0, 0.05) is 18.6 Å². The molecular weight excluding hydrogens is 274 g/mol. The molecule has 2 aromatic heterocycles. The first kappa shape index (κ1) is 14.6. The van der Waals surface area contributed by atoms with Gasteiger partial charge in [-0.3, -0.25) is 9.97 Å². The Balaban J connectivity index is 2.00. The lowest BCUT2D eigenvalue weighted by Crippen LogP contribution is -2.13. The van der Waals surface area contributed by atoms with Crippen molar-refractivity contribution in [3.63, 3.8) is 0 Å². The SMILES string of the molecule is O=C(O)c1ccnc(/C(COCc2cccnc2)=N/O)c1. The molecule has 0 radical (unpaired) electrons. The lowest BCUT2D eigenvalue weighted by atomic mass is 10.2. The highest BCUT2D eigenvalue weighted by Gasteiger charge is 2.10. The minimum Gasteiger partial charge on any atom is -0.478 e. The highest BCUT2D eigenvalue weighted by Crippen LogP contribution is 2.05. The number of ether oxygens (including phenoxy) is 1. The predicted molar refractivity (Wildman–Crippen MR) is 73.4 cm³/mol. The van der Waals surface area contributed by atoms with E-state index in [1.807, 2.05) is 6.07 Å². The summed E-state index contributed by atoms with van der Waals surface area (Å²) in [7, 11) is 0. The summed E-state index contributed by atoms with van der Waals surface area (Å²) in [6, 6.07) is 6.33. The van der Waals surface area contributed by atoms with E-state index in [0.29, 0.717) is 6.61 Å². The zero-order valence-electron chi connectivity index (χ0n) is 11.0. The molecule has 0 unspecified atom stereocenters. The number of nitrogens with zero attached hydrogens (tertiary/aromatic N) is 3. The first-order valence-electron chi connectivity index (χ1n) is 6.08. The molecule has 7 nitrogen and oxygen atoms in total. The summed E-state index contributed by atoms with van der Waals surface area (Å²) in [6.45, 7) is 0.299. The Morgan fingerprint density at radius 1 is 1.33 bits per heavy atom. The highest BCUT2D eigenvalue weighted by atomic mass is 16.5. The van der Waals surface area contributed by atoms with Gasteiger partial charge in [0.15, 0.2) is 0 Å². The average molecular weight is 287 g/mol. The summed E-state index contributed by atoms with van der Waals surface area (Å²) in [6.07, 6.45) is 4.66. The largest absolute Gasteiger partial charge is 0.478 e. The molecule has 0 bridgehead atoms. The van der Waals surface area contributed by atoms with Crippen LogP contribution in [0.3, 0.4) is 0 Å². The number of hydrogen-bond acceptors (Lipinski definition) is 6. The van der Waals surface area contributed by atoms with Crippen LogP contribution in [0.1, 0.15) is 21.6 Å². The Hall–Kier alpha value is -2.80. The number of pyridine rings is 2. The molecule has 0 aliphatic heterocycles. The van der Waals surface area contributed by atoms with Crippen molar-refractivity contribution in [3.8, 4) is 0 Å². The van der Waals surface area contributed by atoms with Crippen LogP contribution in [0.5, 0.6) is 0 Å². The molecule has 0 amide bonds. The molecule has 21 heavy (non-hydrogen) atoms. The summed E-state index contributed by atoms with van der Waals surface area (Å²) >= 11 is 0. The number of carboxylic acid groups (broad SMARTS) is 1. The van der Waals surface area contributed by atoms with Crippen molar-refractivity contribution in [1.82, 2.24) is 9.97 Å². The van der Waals surface area contributed by atoms with Crippen molar-refractivity contribution >= 4 is 11.7 Å². The minimum atomic E-state index is -1.08. The molecule has 0 atom stereocenters. The summed E-state index contributed by atoms with van der Waals surface area (Å²) in [5.41, 5.74) is 1.35. The number of aromatic carboxylic acids is 1. The van der Waals surface area contributed by atoms with Crippen molar-refractivity contribution in [2.75, 3.05) is 6.61 Å². The molecule has 2 rings (SSSR count). The van der Waals surface area contributed by atoms with Gasteiger partial charge >= 0.3 is 5.97 Å². The Labute approximate surface area is 120 Å². The second-order valence-electron chi connectivity index (χ2n) is 4.14. The number of carbonyl (C=O) groups is 1. The quantitative estimate of drug-likeness (QED) is 0.474. The van der Waals surface area contributed by atoms with Crippen LogP contribution in [0, 0.1) is 0 Å². The molecule has 2 aromatic rings. The topological polar surface area (TPSA) is 105 Å². The molecule has 2 heterocycles. The monoisotopic (exact) mass is 287 g/mol. The number of hydrogen-bond donors (Lipinski definition) is 2. The molecule has 7 heteroatoms. The first-order chi connectivity index (χ1) is 10.2. The van der Waals surface area contributed by atoms with Gasteiger partial charge < -0.3 is 15.1 Å². The second-order valence-corrected chi connectivity index (χ2v) is 4.14. The van der Waals surface area contributed by atoms with E-state index < -0.39 is 5.97 Å². The van der Waals surface area contributed by atoms with Gasteiger partial charge in [-0.05, 0) is 23.8 Å². The van der Waals surface area contributed by atoms with Gasteiger partial charge in [-0.25, -0.2) is 4.79 Å². The molecule has 0 saturated carbocycles. The second kappa shape index (κ2) is 7.11. The van der Waals surface area contributed by atoms with Crippen LogP contribution in [-0.4, -0.2) is 38.6 Å². The van der Waals surface area contributed by atoms with E-state index in [0.717, 1.165) is 5.56 Å². The van der Waals surface area contributed by atoms with Gasteiger partial charge in [-0.15, -0.1) is 0 Å². The summed E-state index contributed by atoms with van der Waals surface area (Å²) < 4.78 is 5.41. The fourth-order valence-corrected chi connectivity index (χ4v) is 1.62. The van der Waals surface area contributed by atoms with E-state index in [2.05, 4.69) is 15.1 Å². The summed E-state index contributed by atoms with van der Waals surface area (Å²) in [5, 5.41) is 21.0. The molecular formula is C14H13N3O4. The van der Waals surface area contributed by atoms with Crippen LogP contribution in [0.25, 0.3) is 0 Å². The number of rotatable bonds is 6. The predicted octanol–water partition coefficient (Wildman–Crippen LogP) is 1.57. The number of carboxylic acids is 1. The van der Waals surface area contributed by atoms with Gasteiger partial charge in [0.05, 0.1) is 24.5 Å². The van der Waals surface area contributed by atoms with Crippen molar-refractivity contribution in [3.05, 3.63) is 59.7 Å². The average Bonchev–Trinajstić information content (AvgIpc) is 2.52. The normalized spacial score (nSPS) is 11.3. The standard InChI is InChI=1S/C14H13N3O4/c18-14(19)11-3-5-16-12(6-11)13(17-20)9-21-8-10-2-1-4-15-7-10/h1-7,20H,8-9H2,(H,18,19)/b17-13+. The molecule has 0 aliphatic carbocycles. The Morgan fingerprint density at radius 2 is 2.19 bits per heavy atom. The molecule has 0 aromatic carbocycles. The highest BCUT2D eigenvalue weighted by molar-refractivity contribution is 6.01. The van der Waals surface area contributed by atoms with Crippen LogP contribution in [0.2, 0.25) is 0 Å². The third kappa shape index (κ3) is 4.08. The lowest BCUT2D eigenvalue weighted by molar-refractivity contribution is 0.0696. The molecule has 0 saturated heterocycles. The number of aromatic nitrogens is 2. The van der Waals surface area contributed by atoms with Crippen molar-refractivity contribution in [2.45, 2.75) is 6.61 Å². The van der Waals surface area contributed by atoms with Crippen molar-refractivity contribution in [2.24, 2.45) is 5.16 Å². The van der Waals surface area contributed by atoms with E-state index in [9.17, 15) is 4.79 Å². The van der Waals surface area contributed by atoms with Crippen LogP contribution in [0.15, 0.2) is 48.0 Å².